The summed E-state index contributed by atoms with van der Waals surface area (Å²) in [4.78, 5) is 22.1. The third kappa shape index (κ3) is 9.47. The molecule has 0 aliphatic carbocycles. The molecule has 0 radical (unpaired) electrons. The van der Waals surface area contributed by atoms with E-state index >= 15 is 0 Å². The Kier molecular flexibility index (Phi) is 7.05. The average molecular weight is 274 g/mol. The smallest absolute Gasteiger partial charge is 0.306 e. The summed E-state index contributed by atoms with van der Waals surface area (Å²) < 4.78 is 10.5. The Hall–Kier alpha value is -1.10. The molecule has 1 N–H and O–H groups in total. The molecule has 0 atom stereocenters. The van der Waals surface area contributed by atoms with Gasteiger partial charge in [0.25, 0.3) is 0 Å². The number of carbonyl (C=O) groups is 2. The highest BCUT2D eigenvalue weighted by atomic mass is 16.5. The SMILES string of the molecule is CCOC(=O)CC(C)(C)COCC(C)(C)CC(=O)O. The Bertz CT molecular complexity index is 307. The standard InChI is InChI=1S/C14H26O5/c1-6-19-12(17)8-14(4,5)10-18-9-13(2,3)7-11(15)16/h6-10H2,1-5H3,(H,15,16). The van der Waals surface area contributed by atoms with Crippen molar-refractivity contribution in [2.45, 2.75) is 47.5 Å². The Morgan fingerprint density at radius 1 is 1.00 bits per heavy atom. The van der Waals surface area contributed by atoms with E-state index in [2.05, 4.69) is 0 Å². The van der Waals surface area contributed by atoms with Gasteiger partial charge in [0.15, 0.2) is 0 Å². The molecule has 0 fully saturated rings. The van der Waals surface area contributed by atoms with Gasteiger partial charge in [0, 0.05) is 0 Å². The van der Waals surface area contributed by atoms with Gasteiger partial charge in [-0.25, -0.2) is 0 Å². The van der Waals surface area contributed by atoms with E-state index in [1.807, 2.05) is 27.7 Å². The Labute approximate surface area is 115 Å². The summed E-state index contributed by atoms with van der Waals surface area (Å²) in [5.74, 6) is -1.07. The summed E-state index contributed by atoms with van der Waals surface area (Å²) in [5, 5.41) is 8.77. The van der Waals surface area contributed by atoms with E-state index in [4.69, 9.17) is 14.6 Å². The molecule has 0 spiro atoms. The zero-order valence-corrected chi connectivity index (χ0v) is 12.6. The summed E-state index contributed by atoms with van der Waals surface area (Å²) in [5.41, 5.74) is -0.725. The molecule has 0 rings (SSSR count). The first kappa shape index (κ1) is 17.9. The Morgan fingerprint density at radius 3 is 1.89 bits per heavy atom. The van der Waals surface area contributed by atoms with Gasteiger partial charge in [-0.15, -0.1) is 0 Å². The van der Waals surface area contributed by atoms with E-state index in [1.165, 1.54) is 0 Å². The van der Waals surface area contributed by atoms with Crippen LogP contribution in [-0.4, -0.2) is 36.9 Å². The Balaban J connectivity index is 4.10. The van der Waals surface area contributed by atoms with Crippen LogP contribution in [0.4, 0.5) is 0 Å². The minimum Gasteiger partial charge on any atom is -0.481 e. The minimum atomic E-state index is -0.834. The topological polar surface area (TPSA) is 72.8 Å². The van der Waals surface area contributed by atoms with Crippen molar-refractivity contribution < 1.29 is 24.2 Å². The molecule has 0 amide bonds. The van der Waals surface area contributed by atoms with Gasteiger partial charge in [0.1, 0.15) is 0 Å². The molecule has 0 bridgehead atoms. The van der Waals surface area contributed by atoms with Crippen molar-refractivity contribution in [3.63, 3.8) is 0 Å². The third-order valence-electron chi connectivity index (χ3n) is 2.54. The maximum Gasteiger partial charge on any atom is 0.306 e. The highest BCUT2D eigenvalue weighted by molar-refractivity contribution is 5.70. The lowest BCUT2D eigenvalue weighted by molar-refractivity contribution is -0.146. The van der Waals surface area contributed by atoms with Crippen LogP contribution in [0.3, 0.4) is 0 Å². The van der Waals surface area contributed by atoms with Gasteiger partial charge in [0.2, 0.25) is 0 Å². The lowest BCUT2D eigenvalue weighted by Gasteiger charge is -2.27. The minimum absolute atomic E-state index is 0.0608. The van der Waals surface area contributed by atoms with Gasteiger partial charge in [0.05, 0.1) is 32.7 Å². The van der Waals surface area contributed by atoms with Gasteiger partial charge < -0.3 is 14.6 Å². The fraction of sp³-hybridized carbons (Fsp3) is 0.857. The number of ether oxygens (including phenoxy) is 2. The molecule has 0 aromatic rings. The lowest BCUT2D eigenvalue weighted by atomic mass is 9.89. The van der Waals surface area contributed by atoms with E-state index in [0.29, 0.717) is 26.2 Å². The van der Waals surface area contributed by atoms with Crippen LogP contribution < -0.4 is 0 Å². The maximum absolute atomic E-state index is 11.4. The number of esters is 1. The molecule has 0 saturated carbocycles. The second kappa shape index (κ2) is 7.48. The summed E-state index contributed by atoms with van der Waals surface area (Å²) in [6.07, 6.45) is 0.353. The first-order valence-corrected chi connectivity index (χ1v) is 6.53. The number of carboxylic acid groups (broad SMARTS) is 1. The number of carboxylic acids is 1. The fourth-order valence-electron chi connectivity index (χ4n) is 1.72. The van der Waals surface area contributed by atoms with Crippen LogP contribution in [0.5, 0.6) is 0 Å². The van der Waals surface area contributed by atoms with Crippen LogP contribution >= 0.6 is 0 Å². The maximum atomic E-state index is 11.4. The lowest BCUT2D eigenvalue weighted by Crippen LogP contribution is -2.29. The van der Waals surface area contributed by atoms with E-state index in [1.54, 1.807) is 6.92 Å². The van der Waals surface area contributed by atoms with Gasteiger partial charge in [-0.1, -0.05) is 27.7 Å². The second-order valence-electron chi connectivity index (χ2n) is 6.37. The molecular formula is C14H26O5. The summed E-state index contributed by atoms with van der Waals surface area (Å²) in [6.45, 7) is 10.4. The number of aliphatic carboxylic acids is 1. The quantitative estimate of drug-likeness (QED) is 0.654. The largest absolute Gasteiger partial charge is 0.481 e. The molecule has 0 aliphatic rings. The molecule has 112 valence electrons. The highest BCUT2D eigenvalue weighted by Gasteiger charge is 2.26. The fourth-order valence-corrected chi connectivity index (χ4v) is 1.72. The predicted molar refractivity (Wildman–Crippen MR) is 71.9 cm³/mol. The highest BCUT2D eigenvalue weighted by Crippen LogP contribution is 2.25. The number of hydrogen-bond acceptors (Lipinski definition) is 4. The molecular weight excluding hydrogens is 248 g/mol. The zero-order chi connectivity index (χ0) is 15.1. The van der Waals surface area contributed by atoms with Crippen molar-refractivity contribution in [3.05, 3.63) is 0 Å². The van der Waals surface area contributed by atoms with Crippen molar-refractivity contribution in [3.8, 4) is 0 Å². The van der Waals surface area contributed by atoms with Gasteiger partial charge in [-0.3, -0.25) is 9.59 Å². The first-order chi connectivity index (χ1) is 8.58. The van der Waals surface area contributed by atoms with E-state index in [-0.39, 0.29) is 17.8 Å². The van der Waals surface area contributed by atoms with Crippen LogP contribution in [0, 0.1) is 10.8 Å². The molecule has 5 heteroatoms. The molecule has 0 aliphatic heterocycles. The van der Waals surface area contributed by atoms with Crippen molar-refractivity contribution in [1.82, 2.24) is 0 Å². The molecule has 0 heterocycles. The van der Waals surface area contributed by atoms with Crippen molar-refractivity contribution in [1.29, 1.82) is 0 Å². The van der Waals surface area contributed by atoms with Crippen LogP contribution in [0.2, 0.25) is 0 Å². The molecule has 0 saturated heterocycles. The monoisotopic (exact) mass is 274 g/mol. The molecule has 0 unspecified atom stereocenters. The van der Waals surface area contributed by atoms with Crippen molar-refractivity contribution in [2.75, 3.05) is 19.8 Å². The third-order valence-corrected chi connectivity index (χ3v) is 2.54. The van der Waals surface area contributed by atoms with Crippen LogP contribution in [0.1, 0.15) is 47.5 Å². The zero-order valence-electron chi connectivity index (χ0n) is 12.6. The Morgan fingerprint density at radius 2 is 1.47 bits per heavy atom. The average Bonchev–Trinajstić information content (AvgIpc) is 2.12. The van der Waals surface area contributed by atoms with E-state index in [0.717, 1.165) is 0 Å². The first-order valence-electron chi connectivity index (χ1n) is 6.53. The summed E-state index contributed by atoms with van der Waals surface area (Å²) >= 11 is 0. The van der Waals surface area contributed by atoms with E-state index < -0.39 is 11.4 Å². The van der Waals surface area contributed by atoms with Crippen molar-refractivity contribution in [2.24, 2.45) is 10.8 Å². The predicted octanol–water partition coefficient (Wildman–Crippen LogP) is 2.48. The van der Waals surface area contributed by atoms with Crippen LogP contribution in [0.15, 0.2) is 0 Å². The normalized spacial score (nSPS) is 12.3. The molecule has 0 aromatic carbocycles. The number of hydrogen-bond donors (Lipinski definition) is 1. The van der Waals surface area contributed by atoms with Crippen molar-refractivity contribution >= 4 is 11.9 Å². The van der Waals surface area contributed by atoms with Gasteiger partial charge in [-0.05, 0) is 17.8 Å². The number of rotatable bonds is 9. The van der Waals surface area contributed by atoms with Gasteiger partial charge >= 0.3 is 11.9 Å². The second-order valence-corrected chi connectivity index (χ2v) is 6.37. The molecule has 5 nitrogen and oxygen atoms in total. The summed E-state index contributed by atoms with van der Waals surface area (Å²) in [7, 11) is 0. The van der Waals surface area contributed by atoms with Gasteiger partial charge in [-0.2, -0.15) is 0 Å². The van der Waals surface area contributed by atoms with Crippen LogP contribution in [-0.2, 0) is 19.1 Å². The van der Waals surface area contributed by atoms with E-state index in [9.17, 15) is 9.59 Å². The summed E-state index contributed by atoms with van der Waals surface area (Å²) in [6, 6.07) is 0. The number of carbonyl (C=O) groups excluding carboxylic acids is 1. The van der Waals surface area contributed by atoms with Crippen LogP contribution in [0.25, 0.3) is 0 Å². The molecule has 19 heavy (non-hydrogen) atoms. The molecule has 0 aromatic heterocycles.